The van der Waals surface area contributed by atoms with E-state index in [1.807, 2.05) is 23.6 Å². The van der Waals surface area contributed by atoms with E-state index >= 15 is 0 Å². The smallest absolute Gasteiger partial charge is 0.132 e. The SMILES string of the molecule is Cc1ccc(-n2c(C(C)Cl)nc3cnccc32)cc1F. The molecule has 1 atom stereocenters. The topological polar surface area (TPSA) is 30.7 Å². The number of alkyl halides is 1. The highest BCUT2D eigenvalue weighted by atomic mass is 35.5. The molecule has 2 aromatic heterocycles. The van der Waals surface area contributed by atoms with Crippen molar-refractivity contribution in [2.24, 2.45) is 0 Å². The van der Waals surface area contributed by atoms with Crippen molar-refractivity contribution in [2.45, 2.75) is 19.2 Å². The molecule has 0 aliphatic rings. The molecule has 0 saturated heterocycles. The second-order valence-corrected chi connectivity index (χ2v) is 5.37. The highest BCUT2D eigenvalue weighted by Crippen LogP contribution is 2.28. The molecule has 1 unspecified atom stereocenters. The van der Waals surface area contributed by atoms with E-state index in [4.69, 9.17) is 11.6 Å². The van der Waals surface area contributed by atoms with Gasteiger partial charge in [-0.1, -0.05) is 6.07 Å². The van der Waals surface area contributed by atoms with Crippen LogP contribution in [0.5, 0.6) is 0 Å². The summed E-state index contributed by atoms with van der Waals surface area (Å²) in [6, 6.07) is 6.96. The summed E-state index contributed by atoms with van der Waals surface area (Å²) in [6.45, 7) is 3.58. The number of fused-ring (bicyclic) bond motifs is 1. The molecule has 3 aromatic rings. The summed E-state index contributed by atoms with van der Waals surface area (Å²) >= 11 is 6.20. The van der Waals surface area contributed by atoms with Gasteiger partial charge in [0.1, 0.15) is 17.2 Å². The minimum Gasteiger partial charge on any atom is -0.295 e. The zero-order chi connectivity index (χ0) is 14.3. The molecule has 0 N–H and O–H groups in total. The Balaban J connectivity index is 2.33. The van der Waals surface area contributed by atoms with E-state index in [1.54, 1.807) is 25.4 Å². The van der Waals surface area contributed by atoms with Gasteiger partial charge in [-0.15, -0.1) is 11.6 Å². The second kappa shape index (κ2) is 4.87. The van der Waals surface area contributed by atoms with E-state index in [0.717, 1.165) is 11.0 Å². The van der Waals surface area contributed by atoms with Crippen LogP contribution in [0, 0.1) is 12.7 Å². The van der Waals surface area contributed by atoms with Gasteiger partial charge in [0.25, 0.3) is 0 Å². The first kappa shape index (κ1) is 13.1. The highest BCUT2D eigenvalue weighted by Gasteiger charge is 2.16. The van der Waals surface area contributed by atoms with E-state index in [1.165, 1.54) is 6.07 Å². The van der Waals surface area contributed by atoms with Crippen LogP contribution in [0.15, 0.2) is 36.7 Å². The molecule has 3 rings (SSSR count). The van der Waals surface area contributed by atoms with Gasteiger partial charge >= 0.3 is 0 Å². The molecular weight excluding hydrogens is 277 g/mol. The minimum atomic E-state index is -0.285. The Hall–Kier alpha value is -1.94. The lowest BCUT2D eigenvalue weighted by Crippen LogP contribution is -2.02. The number of rotatable bonds is 2. The lowest BCUT2D eigenvalue weighted by atomic mass is 10.2. The Morgan fingerprint density at radius 3 is 2.80 bits per heavy atom. The number of hydrogen-bond donors (Lipinski definition) is 0. The van der Waals surface area contributed by atoms with Crippen LogP contribution in [0.25, 0.3) is 16.7 Å². The number of pyridine rings is 1. The van der Waals surface area contributed by atoms with E-state index < -0.39 is 0 Å². The Bertz CT molecular complexity index is 780. The summed E-state index contributed by atoms with van der Waals surface area (Å²) < 4.78 is 15.7. The molecule has 0 bridgehead atoms. The van der Waals surface area contributed by atoms with Gasteiger partial charge in [-0.05, 0) is 37.6 Å². The average Bonchev–Trinajstić information content (AvgIpc) is 2.81. The van der Waals surface area contributed by atoms with Crippen LogP contribution in [0.1, 0.15) is 23.7 Å². The minimum absolute atomic E-state index is 0.244. The van der Waals surface area contributed by atoms with Gasteiger partial charge in [0.05, 0.1) is 22.8 Å². The standard InChI is InChI=1S/C15H13ClFN3/c1-9-3-4-11(7-12(9)17)20-14-5-6-18-8-13(14)19-15(20)10(2)16/h3-8,10H,1-2H3. The summed E-state index contributed by atoms with van der Waals surface area (Å²) in [7, 11) is 0. The van der Waals surface area contributed by atoms with Crippen LogP contribution in [0.2, 0.25) is 0 Å². The van der Waals surface area contributed by atoms with Gasteiger partial charge in [0.2, 0.25) is 0 Å². The largest absolute Gasteiger partial charge is 0.295 e. The summed E-state index contributed by atoms with van der Waals surface area (Å²) in [4.78, 5) is 8.55. The third-order valence-electron chi connectivity index (χ3n) is 3.25. The molecule has 20 heavy (non-hydrogen) atoms. The Morgan fingerprint density at radius 1 is 1.30 bits per heavy atom. The van der Waals surface area contributed by atoms with Gasteiger partial charge < -0.3 is 0 Å². The number of imidazole rings is 1. The molecule has 3 nitrogen and oxygen atoms in total. The molecule has 0 radical (unpaired) electrons. The molecule has 0 aliphatic carbocycles. The summed E-state index contributed by atoms with van der Waals surface area (Å²) in [6.07, 6.45) is 3.37. The van der Waals surface area contributed by atoms with Gasteiger partial charge in [-0.25, -0.2) is 9.37 Å². The first-order valence-electron chi connectivity index (χ1n) is 6.31. The second-order valence-electron chi connectivity index (χ2n) is 4.72. The number of aromatic nitrogens is 3. The van der Waals surface area contributed by atoms with Crippen LogP contribution in [0.4, 0.5) is 4.39 Å². The maximum Gasteiger partial charge on any atom is 0.132 e. The van der Waals surface area contributed by atoms with Gasteiger partial charge in [-0.2, -0.15) is 0 Å². The van der Waals surface area contributed by atoms with Crippen molar-refractivity contribution in [3.05, 3.63) is 53.9 Å². The summed E-state index contributed by atoms with van der Waals surface area (Å²) in [5, 5.41) is -0.285. The van der Waals surface area contributed by atoms with Crippen molar-refractivity contribution in [3.8, 4) is 5.69 Å². The predicted molar refractivity (Wildman–Crippen MR) is 77.8 cm³/mol. The normalized spacial score (nSPS) is 12.8. The van der Waals surface area contributed by atoms with Crippen LogP contribution in [-0.4, -0.2) is 14.5 Å². The number of halogens is 2. The van der Waals surface area contributed by atoms with Crippen LogP contribution < -0.4 is 0 Å². The Labute approximate surface area is 121 Å². The van der Waals surface area contributed by atoms with Gasteiger partial charge in [0, 0.05) is 6.20 Å². The molecule has 0 amide bonds. The fourth-order valence-corrected chi connectivity index (χ4v) is 2.36. The lowest BCUT2D eigenvalue weighted by Gasteiger charge is -2.11. The molecular formula is C15H13ClFN3. The van der Waals surface area contributed by atoms with Crippen molar-refractivity contribution in [2.75, 3.05) is 0 Å². The quantitative estimate of drug-likeness (QED) is 0.663. The molecule has 0 saturated carbocycles. The van der Waals surface area contributed by atoms with Crippen molar-refractivity contribution in [3.63, 3.8) is 0 Å². The summed E-state index contributed by atoms with van der Waals surface area (Å²) in [5.74, 6) is 0.435. The zero-order valence-electron chi connectivity index (χ0n) is 11.1. The van der Waals surface area contributed by atoms with Crippen molar-refractivity contribution in [1.82, 2.24) is 14.5 Å². The van der Waals surface area contributed by atoms with Crippen molar-refractivity contribution >= 4 is 22.6 Å². The number of aryl methyl sites for hydroxylation is 1. The van der Waals surface area contributed by atoms with Gasteiger partial charge in [-0.3, -0.25) is 9.55 Å². The molecule has 0 fully saturated rings. The maximum atomic E-state index is 13.8. The van der Waals surface area contributed by atoms with Gasteiger partial charge in [0.15, 0.2) is 0 Å². The zero-order valence-corrected chi connectivity index (χ0v) is 11.9. The fraction of sp³-hybridized carbons (Fsp3) is 0.200. The number of benzene rings is 1. The third-order valence-corrected chi connectivity index (χ3v) is 3.45. The van der Waals surface area contributed by atoms with E-state index in [2.05, 4.69) is 9.97 Å². The van der Waals surface area contributed by atoms with E-state index in [0.29, 0.717) is 17.1 Å². The van der Waals surface area contributed by atoms with Crippen molar-refractivity contribution < 1.29 is 4.39 Å². The van der Waals surface area contributed by atoms with Crippen LogP contribution in [-0.2, 0) is 0 Å². The van der Waals surface area contributed by atoms with Crippen LogP contribution >= 0.6 is 11.6 Å². The highest BCUT2D eigenvalue weighted by molar-refractivity contribution is 6.20. The number of hydrogen-bond acceptors (Lipinski definition) is 2. The lowest BCUT2D eigenvalue weighted by molar-refractivity contribution is 0.617. The fourth-order valence-electron chi connectivity index (χ4n) is 2.21. The monoisotopic (exact) mass is 289 g/mol. The van der Waals surface area contributed by atoms with E-state index in [-0.39, 0.29) is 11.2 Å². The Morgan fingerprint density at radius 2 is 2.10 bits per heavy atom. The van der Waals surface area contributed by atoms with Crippen LogP contribution in [0.3, 0.4) is 0 Å². The van der Waals surface area contributed by atoms with E-state index in [9.17, 15) is 4.39 Å². The summed E-state index contributed by atoms with van der Waals surface area (Å²) in [5.41, 5.74) is 2.94. The first-order chi connectivity index (χ1) is 9.58. The molecule has 0 aliphatic heterocycles. The predicted octanol–water partition coefficient (Wildman–Crippen LogP) is 4.17. The Kier molecular flexibility index (Phi) is 3.18. The maximum absolute atomic E-state index is 13.8. The average molecular weight is 290 g/mol. The molecule has 1 aromatic carbocycles. The molecule has 0 spiro atoms. The molecule has 2 heterocycles. The third kappa shape index (κ3) is 2.06. The number of nitrogens with zero attached hydrogens (tertiary/aromatic N) is 3. The molecule has 5 heteroatoms. The first-order valence-corrected chi connectivity index (χ1v) is 6.74. The molecule has 102 valence electrons. The van der Waals surface area contributed by atoms with Crippen molar-refractivity contribution in [1.29, 1.82) is 0 Å².